The summed E-state index contributed by atoms with van der Waals surface area (Å²) in [6.07, 6.45) is -4.52. The maximum atomic E-state index is 12.1. The molecule has 0 saturated heterocycles. The summed E-state index contributed by atoms with van der Waals surface area (Å²) in [6.45, 7) is -4.14. The van der Waals surface area contributed by atoms with Crippen molar-refractivity contribution in [2.75, 3.05) is 39.3 Å². The predicted octanol–water partition coefficient (Wildman–Crippen LogP) is -3.87. The molecular formula is C16H22N2O15. The van der Waals surface area contributed by atoms with Gasteiger partial charge < -0.3 is 40.5 Å². The van der Waals surface area contributed by atoms with Gasteiger partial charge in [0.05, 0.1) is 32.6 Å². The lowest BCUT2D eigenvalue weighted by molar-refractivity contribution is -0.197. The fourth-order valence-electron chi connectivity index (χ4n) is 2.50. The number of hydrogen-bond donors (Lipinski definition) is 7. The minimum atomic E-state index is -3.55. The van der Waals surface area contributed by atoms with E-state index in [1.807, 2.05) is 0 Å². The number of carbonyl (C=O) groups excluding carboxylic acids is 1. The molecule has 0 aromatic rings. The molecule has 0 aromatic carbocycles. The van der Waals surface area contributed by atoms with Crippen molar-refractivity contribution in [1.29, 1.82) is 0 Å². The molecular weight excluding hydrogens is 460 g/mol. The van der Waals surface area contributed by atoms with E-state index in [0.29, 0.717) is 0 Å². The number of carboxylic acids is 6. The van der Waals surface area contributed by atoms with Gasteiger partial charge in [-0.1, -0.05) is 0 Å². The Morgan fingerprint density at radius 1 is 0.667 bits per heavy atom. The Labute approximate surface area is 184 Å². The van der Waals surface area contributed by atoms with Crippen LogP contribution >= 0.6 is 0 Å². The van der Waals surface area contributed by atoms with Crippen LogP contribution < -0.4 is 0 Å². The molecule has 17 nitrogen and oxygen atoms in total. The van der Waals surface area contributed by atoms with Crippen LogP contribution in [0.4, 0.5) is 0 Å². The number of carboxylic acid groups (broad SMARTS) is 6. The van der Waals surface area contributed by atoms with E-state index >= 15 is 0 Å². The van der Waals surface area contributed by atoms with Gasteiger partial charge in [0.1, 0.15) is 0 Å². The Bertz CT molecular complexity index is 781. The van der Waals surface area contributed by atoms with E-state index in [0.717, 1.165) is 9.80 Å². The highest BCUT2D eigenvalue weighted by Gasteiger charge is 2.53. The minimum Gasteiger partial charge on any atom is -0.481 e. The number of ether oxygens (including phenoxy) is 1. The second-order valence-electron chi connectivity index (χ2n) is 6.61. The molecule has 186 valence electrons. The zero-order chi connectivity index (χ0) is 25.9. The van der Waals surface area contributed by atoms with E-state index in [1.54, 1.807) is 0 Å². The van der Waals surface area contributed by atoms with Crippen molar-refractivity contribution in [2.24, 2.45) is 0 Å². The van der Waals surface area contributed by atoms with Crippen LogP contribution in [0.5, 0.6) is 0 Å². The summed E-state index contributed by atoms with van der Waals surface area (Å²) in [5, 5.41) is 63.5. The van der Waals surface area contributed by atoms with Gasteiger partial charge in [-0.3, -0.25) is 33.8 Å². The van der Waals surface area contributed by atoms with Crippen molar-refractivity contribution < 1.29 is 74.0 Å². The zero-order valence-corrected chi connectivity index (χ0v) is 16.8. The van der Waals surface area contributed by atoms with Crippen LogP contribution in [0.2, 0.25) is 0 Å². The van der Waals surface area contributed by atoms with Gasteiger partial charge in [-0.25, -0.2) is 9.59 Å². The van der Waals surface area contributed by atoms with Gasteiger partial charge in [0.2, 0.25) is 11.7 Å². The summed E-state index contributed by atoms with van der Waals surface area (Å²) in [7, 11) is 0. The number of hydrogen-bond acceptors (Lipinski definition) is 11. The molecule has 0 amide bonds. The first-order valence-corrected chi connectivity index (χ1v) is 8.78. The number of aliphatic carboxylic acids is 6. The van der Waals surface area contributed by atoms with Crippen LogP contribution in [0.15, 0.2) is 0 Å². The van der Waals surface area contributed by atoms with Crippen molar-refractivity contribution in [2.45, 2.75) is 18.1 Å². The van der Waals surface area contributed by atoms with Gasteiger partial charge >= 0.3 is 41.8 Å². The standard InChI is InChI=1S/C16H22N2O15/c19-8(20)3-16(32,15(30)31)13(14(28)29)33-12(27)7-18(6-11(25)26)2-1-17(4-9(21)22)5-10(23)24/h13,32H,1-7H2,(H,19,20)(H,21,22)(H,23,24)(H,25,26)(H,28,29)(H,30,31). The molecule has 0 radical (unpaired) electrons. The third kappa shape index (κ3) is 10.8. The molecule has 7 N–H and O–H groups in total. The molecule has 0 heterocycles. The molecule has 0 rings (SSSR count). The van der Waals surface area contributed by atoms with Crippen LogP contribution in [0.3, 0.4) is 0 Å². The Hall–Kier alpha value is -3.83. The molecule has 33 heavy (non-hydrogen) atoms. The van der Waals surface area contributed by atoms with E-state index in [2.05, 4.69) is 4.74 Å². The Morgan fingerprint density at radius 2 is 1.06 bits per heavy atom. The number of rotatable bonds is 17. The largest absolute Gasteiger partial charge is 0.481 e. The Balaban J connectivity index is 5.49. The van der Waals surface area contributed by atoms with Gasteiger partial charge in [0, 0.05) is 13.1 Å². The second kappa shape index (κ2) is 12.9. The fraction of sp³-hybridized carbons (Fsp3) is 0.562. The van der Waals surface area contributed by atoms with Gasteiger partial charge in [-0.15, -0.1) is 0 Å². The highest BCUT2D eigenvalue weighted by Crippen LogP contribution is 2.20. The molecule has 0 spiro atoms. The number of nitrogens with zero attached hydrogens (tertiary/aromatic N) is 2. The quantitative estimate of drug-likeness (QED) is 0.0976. The lowest BCUT2D eigenvalue weighted by Gasteiger charge is -2.29. The molecule has 17 heteroatoms. The van der Waals surface area contributed by atoms with Gasteiger partial charge in [-0.05, 0) is 0 Å². The van der Waals surface area contributed by atoms with Crippen molar-refractivity contribution in [3.63, 3.8) is 0 Å². The molecule has 0 aliphatic heterocycles. The van der Waals surface area contributed by atoms with Gasteiger partial charge in [0.25, 0.3) is 0 Å². The number of esters is 1. The maximum Gasteiger partial charge on any atom is 0.348 e. The van der Waals surface area contributed by atoms with Crippen LogP contribution in [0.25, 0.3) is 0 Å². The molecule has 0 aromatic heterocycles. The average molecular weight is 482 g/mol. The van der Waals surface area contributed by atoms with Crippen LogP contribution in [0.1, 0.15) is 6.42 Å². The van der Waals surface area contributed by atoms with E-state index in [9.17, 15) is 38.7 Å². The Morgan fingerprint density at radius 3 is 1.36 bits per heavy atom. The van der Waals surface area contributed by atoms with E-state index < -0.39 is 92.6 Å². The summed E-state index contributed by atoms with van der Waals surface area (Å²) in [5.41, 5.74) is -3.55. The molecule has 0 aliphatic rings. The number of aliphatic hydroxyl groups is 1. The Kier molecular flexibility index (Phi) is 11.4. The zero-order valence-electron chi connectivity index (χ0n) is 16.8. The first-order valence-electron chi connectivity index (χ1n) is 8.78. The molecule has 0 bridgehead atoms. The van der Waals surface area contributed by atoms with Crippen LogP contribution in [0, 0.1) is 0 Å². The number of carbonyl (C=O) groups is 7. The van der Waals surface area contributed by atoms with E-state index in [-0.39, 0.29) is 6.54 Å². The van der Waals surface area contributed by atoms with E-state index in [1.165, 1.54) is 0 Å². The monoisotopic (exact) mass is 482 g/mol. The second-order valence-corrected chi connectivity index (χ2v) is 6.61. The first kappa shape index (κ1) is 29.2. The van der Waals surface area contributed by atoms with Gasteiger partial charge in [-0.2, -0.15) is 0 Å². The smallest absolute Gasteiger partial charge is 0.348 e. The summed E-state index contributed by atoms with van der Waals surface area (Å²) in [5.74, 6) is -12.3. The maximum absolute atomic E-state index is 12.1. The average Bonchev–Trinajstić information content (AvgIpc) is 2.61. The first-order chi connectivity index (χ1) is 15.1. The van der Waals surface area contributed by atoms with Gasteiger partial charge in [0.15, 0.2) is 0 Å². The SMILES string of the molecule is O=C(O)CN(CCN(CC(=O)O)CC(=O)OC(C(=O)O)C(O)(CC(=O)O)C(=O)O)CC(=O)O. The third-order valence-corrected chi connectivity index (χ3v) is 3.86. The highest BCUT2D eigenvalue weighted by atomic mass is 16.6. The highest BCUT2D eigenvalue weighted by molar-refractivity contribution is 5.92. The lowest BCUT2D eigenvalue weighted by Crippen LogP contribution is -2.57. The summed E-state index contributed by atoms with van der Waals surface area (Å²) >= 11 is 0. The van der Waals surface area contributed by atoms with Crippen LogP contribution in [-0.2, 0) is 38.3 Å². The summed E-state index contributed by atoms with van der Waals surface area (Å²) < 4.78 is 4.42. The molecule has 0 saturated carbocycles. The lowest BCUT2D eigenvalue weighted by atomic mass is 9.92. The van der Waals surface area contributed by atoms with Crippen molar-refractivity contribution >= 4 is 41.8 Å². The van der Waals surface area contributed by atoms with Crippen molar-refractivity contribution in [3.05, 3.63) is 0 Å². The molecule has 0 aliphatic carbocycles. The van der Waals surface area contributed by atoms with Crippen molar-refractivity contribution in [1.82, 2.24) is 9.80 Å². The molecule has 2 unspecified atom stereocenters. The topological polar surface area (TPSA) is 277 Å². The summed E-state index contributed by atoms with van der Waals surface area (Å²) in [6, 6.07) is 0. The molecule has 0 fully saturated rings. The van der Waals surface area contributed by atoms with E-state index in [4.69, 9.17) is 30.6 Å². The normalized spacial score (nSPS) is 13.7. The summed E-state index contributed by atoms with van der Waals surface area (Å²) in [4.78, 5) is 79.9. The predicted molar refractivity (Wildman–Crippen MR) is 98.1 cm³/mol. The fourth-order valence-corrected chi connectivity index (χ4v) is 2.50. The van der Waals surface area contributed by atoms with Crippen LogP contribution in [-0.4, -0.2) is 138 Å². The molecule has 2 atom stereocenters. The van der Waals surface area contributed by atoms with Crippen molar-refractivity contribution in [3.8, 4) is 0 Å². The third-order valence-electron chi connectivity index (χ3n) is 3.86. The minimum absolute atomic E-state index is 0.362.